The van der Waals surface area contributed by atoms with Gasteiger partial charge in [0, 0.05) is 5.69 Å². The number of nitrogens with one attached hydrogen (secondary N) is 1. The molecule has 0 aliphatic carbocycles. The first-order chi connectivity index (χ1) is 9.20. The maximum absolute atomic E-state index is 13.0. The molecule has 7 heteroatoms. The Morgan fingerprint density at radius 3 is 2.50 bits per heavy atom. The van der Waals surface area contributed by atoms with Crippen LogP contribution in [-0.2, 0) is 14.6 Å². The number of hydrogen-bond acceptors (Lipinski definition) is 4. The van der Waals surface area contributed by atoms with Crippen LogP contribution >= 0.6 is 0 Å². The van der Waals surface area contributed by atoms with Gasteiger partial charge >= 0.3 is 0 Å². The van der Waals surface area contributed by atoms with Crippen LogP contribution in [0.5, 0.6) is 0 Å². The van der Waals surface area contributed by atoms with Crippen LogP contribution in [0.3, 0.4) is 0 Å². The third-order valence-corrected chi connectivity index (χ3v) is 5.92. The van der Waals surface area contributed by atoms with E-state index in [1.165, 1.54) is 19.1 Å². The van der Waals surface area contributed by atoms with Gasteiger partial charge in [-0.3, -0.25) is 4.79 Å². The molecule has 0 aliphatic rings. The topological polar surface area (TPSA) is 89.3 Å². The molecule has 3 N–H and O–H groups in total. The van der Waals surface area contributed by atoms with Crippen molar-refractivity contribution in [2.24, 2.45) is 0 Å². The Bertz CT molecular complexity index is 602. The molecule has 0 aliphatic heterocycles. The maximum atomic E-state index is 13.0. The van der Waals surface area contributed by atoms with E-state index >= 15 is 0 Å². The number of hydrogen-bond donors (Lipinski definition) is 2. The molecule has 5 nitrogen and oxygen atoms in total. The van der Waals surface area contributed by atoms with Gasteiger partial charge in [-0.05, 0) is 38.5 Å². The second kappa shape index (κ2) is 6.21. The number of rotatable bonds is 5. The molecule has 0 spiro atoms. The van der Waals surface area contributed by atoms with Crippen molar-refractivity contribution in [2.45, 2.75) is 37.7 Å². The monoisotopic (exact) mass is 302 g/mol. The molecule has 2 atom stereocenters. The van der Waals surface area contributed by atoms with Crippen LogP contribution in [0.1, 0.15) is 27.2 Å². The predicted octanol–water partition coefficient (Wildman–Crippen LogP) is 1.95. The number of carbonyl (C=O) groups excluding carboxylic acids is 1. The fourth-order valence-corrected chi connectivity index (χ4v) is 3.11. The molecule has 1 aromatic rings. The van der Waals surface area contributed by atoms with Crippen LogP contribution in [0.25, 0.3) is 0 Å². The summed E-state index contributed by atoms with van der Waals surface area (Å²) in [6.07, 6.45) is 0.434. The zero-order chi connectivity index (χ0) is 15.5. The van der Waals surface area contributed by atoms with Crippen molar-refractivity contribution >= 4 is 27.1 Å². The first-order valence-electron chi connectivity index (χ1n) is 6.28. The first kappa shape index (κ1) is 16.4. The molecule has 0 heterocycles. The second-order valence-corrected chi connectivity index (χ2v) is 7.37. The number of sulfone groups is 1. The van der Waals surface area contributed by atoms with Gasteiger partial charge in [-0.2, -0.15) is 0 Å². The fraction of sp³-hybridized carbons (Fsp3) is 0.462. The van der Waals surface area contributed by atoms with Crippen molar-refractivity contribution in [1.82, 2.24) is 0 Å². The Labute approximate surface area is 118 Å². The lowest BCUT2D eigenvalue weighted by Crippen LogP contribution is -2.37. The Kier molecular flexibility index (Phi) is 5.10. The number of halogens is 1. The van der Waals surface area contributed by atoms with Crippen molar-refractivity contribution in [3.63, 3.8) is 0 Å². The Hall–Kier alpha value is -1.63. The molecule has 0 aromatic heterocycles. The number of benzene rings is 1. The average Bonchev–Trinajstić information content (AvgIpc) is 2.40. The Morgan fingerprint density at radius 1 is 1.40 bits per heavy atom. The number of carbonyl (C=O) groups is 1. The molecule has 0 saturated heterocycles. The molecule has 20 heavy (non-hydrogen) atoms. The van der Waals surface area contributed by atoms with E-state index in [4.69, 9.17) is 5.73 Å². The average molecular weight is 302 g/mol. The highest BCUT2D eigenvalue weighted by Gasteiger charge is 2.32. The van der Waals surface area contributed by atoms with Gasteiger partial charge < -0.3 is 11.1 Å². The number of nitrogen functional groups attached to an aromatic ring is 1. The molecule has 0 radical (unpaired) electrons. The van der Waals surface area contributed by atoms with Crippen LogP contribution < -0.4 is 11.1 Å². The summed E-state index contributed by atoms with van der Waals surface area (Å²) in [5.74, 6) is -1.25. The molecule has 1 rings (SSSR count). The van der Waals surface area contributed by atoms with E-state index in [0.717, 1.165) is 6.07 Å². The Balaban J connectivity index is 2.88. The van der Waals surface area contributed by atoms with E-state index in [9.17, 15) is 17.6 Å². The normalized spacial score (nSPS) is 14.6. The van der Waals surface area contributed by atoms with E-state index in [0.29, 0.717) is 6.42 Å². The summed E-state index contributed by atoms with van der Waals surface area (Å²) in [4.78, 5) is 12.0. The van der Waals surface area contributed by atoms with Gasteiger partial charge in [0.15, 0.2) is 9.84 Å². The highest BCUT2D eigenvalue weighted by molar-refractivity contribution is 7.93. The van der Waals surface area contributed by atoms with Gasteiger partial charge in [0.2, 0.25) is 5.91 Å². The predicted molar refractivity (Wildman–Crippen MR) is 77.6 cm³/mol. The molecule has 1 aromatic carbocycles. The lowest BCUT2D eigenvalue weighted by molar-refractivity contribution is -0.115. The molecule has 0 bridgehead atoms. The van der Waals surface area contributed by atoms with Crippen molar-refractivity contribution in [1.29, 1.82) is 0 Å². The van der Waals surface area contributed by atoms with E-state index < -0.39 is 32.1 Å². The van der Waals surface area contributed by atoms with Crippen LogP contribution in [-0.4, -0.2) is 24.8 Å². The van der Waals surface area contributed by atoms with Crippen LogP contribution in [0, 0.1) is 5.82 Å². The number of amides is 1. The van der Waals surface area contributed by atoms with Crippen LogP contribution in [0.15, 0.2) is 18.2 Å². The molecule has 0 saturated carbocycles. The van der Waals surface area contributed by atoms with E-state index in [1.807, 2.05) is 0 Å². The van der Waals surface area contributed by atoms with Gasteiger partial charge in [0.1, 0.15) is 11.1 Å². The van der Waals surface area contributed by atoms with Gasteiger partial charge in [0.25, 0.3) is 0 Å². The summed E-state index contributed by atoms with van der Waals surface area (Å²) in [5, 5.41) is 0.657. The van der Waals surface area contributed by atoms with E-state index in [-0.39, 0.29) is 11.4 Å². The molecular weight excluding hydrogens is 283 g/mol. The molecule has 0 fully saturated rings. The third kappa shape index (κ3) is 3.47. The third-order valence-electron chi connectivity index (χ3n) is 3.26. The Morgan fingerprint density at radius 2 is 2.00 bits per heavy atom. The molecular formula is C13H19FN2O3S. The smallest absolute Gasteiger partial charge is 0.242 e. The number of anilines is 2. The minimum absolute atomic E-state index is 0.111. The SMILES string of the molecule is CCC(C)S(=O)(=O)C(C)C(=O)Nc1ccc(F)c(N)c1. The van der Waals surface area contributed by atoms with Crippen LogP contribution in [0.2, 0.25) is 0 Å². The summed E-state index contributed by atoms with van der Waals surface area (Å²) in [6, 6.07) is 3.68. The summed E-state index contributed by atoms with van der Waals surface area (Å²) < 4.78 is 37.1. The van der Waals surface area contributed by atoms with E-state index in [1.54, 1.807) is 13.8 Å². The van der Waals surface area contributed by atoms with Crippen LogP contribution in [0.4, 0.5) is 15.8 Å². The lowest BCUT2D eigenvalue weighted by atomic mass is 10.2. The van der Waals surface area contributed by atoms with E-state index in [2.05, 4.69) is 5.32 Å². The molecule has 112 valence electrons. The van der Waals surface area contributed by atoms with Crippen molar-refractivity contribution in [3.8, 4) is 0 Å². The zero-order valence-corrected chi connectivity index (χ0v) is 12.5. The van der Waals surface area contributed by atoms with Crippen molar-refractivity contribution < 1.29 is 17.6 Å². The standard InChI is InChI=1S/C13H19FN2O3S/c1-4-8(2)20(18,19)9(3)13(17)16-10-5-6-11(14)12(15)7-10/h5-9H,4,15H2,1-3H3,(H,16,17). The van der Waals surface area contributed by atoms with Gasteiger partial charge in [-0.25, -0.2) is 12.8 Å². The highest BCUT2D eigenvalue weighted by Crippen LogP contribution is 2.18. The number of nitrogens with two attached hydrogens (primary N) is 1. The zero-order valence-electron chi connectivity index (χ0n) is 11.7. The van der Waals surface area contributed by atoms with Gasteiger partial charge in [-0.15, -0.1) is 0 Å². The minimum atomic E-state index is -3.54. The maximum Gasteiger partial charge on any atom is 0.242 e. The fourth-order valence-electron chi connectivity index (χ4n) is 1.60. The summed E-state index contributed by atoms with van der Waals surface area (Å²) in [7, 11) is -3.54. The largest absolute Gasteiger partial charge is 0.396 e. The molecule has 2 unspecified atom stereocenters. The van der Waals surface area contributed by atoms with Gasteiger partial charge in [-0.1, -0.05) is 6.92 Å². The first-order valence-corrected chi connectivity index (χ1v) is 7.89. The highest BCUT2D eigenvalue weighted by atomic mass is 32.2. The lowest BCUT2D eigenvalue weighted by Gasteiger charge is -2.17. The minimum Gasteiger partial charge on any atom is -0.396 e. The van der Waals surface area contributed by atoms with Crippen molar-refractivity contribution in [2.75, 3.05) is 11.1 Å². The van der Waals surface area contributed by atoms with Gasteiger partial charge in [0.05, 0.1) is 10.9 Å². The molecule has 1 amide bonds. The second-order valence-electron chi connectivity index (χ2n) is 4.68. The summed E-state index contributed by atoms with van der Waals surface area (Å²) in [5.41, 5.74) is 5.54. The summed E-state index contributed by atoms with van der Waals surface area (Å²) in [6.45, 7) is 4.65. The quantitative estimate of drug-likeness (QED) is 0.814. The van der Waals surface area contributed by atoms with Crippen molar-refractivity contribution in [3.05, 3.63) is 24.0 Å². The summed E-state index contributed by atoms with van der Waals surface area (Å²) >= 11 is 0.